The van der Waals surface area contributed by atoms with E-state index in [1.807, 2.05) is 0 Å². The predicted octanol–water partition coefficient (Wildman–Crippen LogP) is -0.640. The van der Waals surface area contributed by atoms with Crippen LogP contribution in [-0.2, 0) is 0 Å². The van der Waals surface area contributed by atoms with E-state index in [-0.39, 0.29) is 0 Å². The van der Waals surface area contributed by atoms with E-state index >= 15 is 0 Å². The highest BCUT2D eigenvalue weighted by atomic mass is 16.6. The van der Waals surface area contributed by atoms with Gasteiger partial charge in [-0.15, -0.1) is 11.7 Å². The van der Waals surface area contributed by atoms with Crippen molar-refractivity contribution in [2.75, 3.05) is 0 Å². The highest BCUT2D eigenvalue weighted by molar-refractivity contribution is 5.63. The van der Waals surface area contributed by atoms with Gasteiger partial charge in [-0.2, -0.15) is 0 Å². The van der Waals surface area contributed by atoms with Gasteiger partial charge in [-0.05, 0) is 0 Å². The average molecular weight is 329 g/mol. The molecule has 1 aliphatic rings. The molecule has 0 aromatic heterocycles. The van der Waals surface area contributed by atoms with E-state index in [0.29, 0.717) is 12.1 Å². The molecule has 2 rings (SSSR count). The number of rotatable bonds is 3. The number of benzene rings is 1. The van der Waals surface area contributed by atoms with Crippen LogP contribution in [-0.4, -0.2) is 25.9 Å². The van der Waals surface area contributed by atoms with Gasteiger partial charge in [0, 0.05) is 10.0 Å². The lowest BCUT2D eigenvalue weighted by Crippen LogP contribution is -2.53. The fraction of sp³-hybridized carbons (Fsp3) is 0. The van der Waals surface area contributed by atoms with E-state index < -0.39 is 42.4 Å². The Hall–Kier alpha value is -3.63. The number of hydrogen-bond acceptors (Lipinski definition) is 12. The quantitative estimate of drug-likeness (QED) is 0.309. The third-order valence-electron chi connectivity index (χ3n) is 2.12. The first-order valence-corrected chi connectivity index (χ1v) is 5.26. The van der Waals surface area contributed by atoms with Gasteiger partial charge >= 0.3 is 0 Å². The van der Waals surface area contributed by atoms with Crippen LogP contribution in [0.4, 0.5) is 17.1 Å². The van der Waals surface area contributed by atoms with Crippen molar-refractivity contribution in [3.8, 4) is 5.75 Å². The van der Waals surface area contributed by atoms with Crippen LogP contribution in [0.15, 0.2) is 27.7 Å². The number of quaternary nitrogens is 1. The Bertz CT molecular complexity index is 678. The minimum absolute atomic E-state index is 0.384. The molecule has 0 fully saturated rings. The van der Waals surface area contributed by atoms with Crippen molar-refractivity contribution in [2.45, 2.75) is 0 Å². The van der Waals surface area contributed by atoms with Gasteiger partial charge in [0.1, 0.15) is 0 Å². The normalized spacial score (nSPS) is 14.0. The smallest absolute Gasteiger partial charge is 0.283 e. The van der Waals surface area contributed by atoms with E-state index in [1.165, 1.54) is 6.34 Å². The molecule has 1 aromatic rings. The topological polar surface area (TPSA) is 242 Å². The number of non-ortho nitro benzene ring substituents is 1. The summed E-state index contributed by atoms with van der Waals surface area (Å²) in [7, 11) is 0. The molecule has 16 nitrogen and oxygen atoms in total. The minimum atomic E-state index is -1.46. The molecule has 122 valence electrons. The van der Waals surface area contributed by atoms with Crippen LogP contribution in [0.25, 0.3) is 0 Å². The maximum absolute atomic E-state index is 11.1. The van der Waals surface area contributed by atoms with Crippen molar-refractivity contribution in [3.63, 3.8) is 0 Å². The lowest BCUT2D eigenvalue weighted by molar-refractivity contribution is -0.867. The van der Waals surface area contributed by atoms with Crippen molar-refractivity contribution in [3.05, 3.63) is 42.5 Å². The molecule has 0 saturated carbocycles. The predicted molar refractivity (Wildman–Crippen MR) is 67.8 cm³/mol. The summed E-state index contributed by atoms with van der Waals surface area (Å²) in [5.74, 6) is 8.71. The van der Waals surface area contributed by atoms with Crippen LogP contribution in [0.2, 0.25) is 0 Å². The van der Waals surface area contributed by atoms with Crippen LogP contribution < -0.4 is 16.8 Å². The summed E-state index contributed by atoms with van der Waals surface area (Å²) >= 11 is 0. The molecule has 1 aliphatic heterocycles. The van der Waals surface area contributed by atoms with E-state index in [4.69, 9.17) is 11.7 Å². The second-order valence-corrected chi connectivity index (χ2v) is 3.79. The van der Waals surface area contributed by atoms with Crippen molar-refractivity contribution in [1.82, 2.24) is 0 Å². The van der Waals surface area contributed by atoms with Crippen molar-refractivity contribution < 1.29 is 24.7 Å². The Labute approximate surface area is 124 Å². The summed E-state index contributed by atoms with van der Waals surface area (Å²) in [4.78, 5) is 26.9. The lowest BCUT2D eigenvalue weighted by Gasteiger charge is -2.06. The van der Waals surface area contributed by atoms with Crippen LogP contribution in [0, 0.1) is 30.3 Å². The summed E-state index contributed by atoms with van der Waals surface area (Å²) in [6.45, 7) is 0. The molecule has 0 aliphatic carbocycles. The third-order valence-corrected chi connectivity index (χ3v) is 2.12. The largest absolute Gasteiger partial charge is 0.863 e. The van der Waals surface area contributed by atoms with E-state index in [2.05, 4.69) is 15.5 Å². The van der Waals surface area contributed by atoms with Gasteiger partial charge < -0.3 is 5.11 Å². The van der Waals surface area contributed by atoms with Gasteiger partial charge in [0.05, 0.1) is 37.9 Å². The lowest BCUT2D eigenvalue weighted by atomic mass is 10.2. The van der Waals surface area contributed by atoms with Crippen LogP contribution >= 0.6 is 0 Å². The second kappa shape index (κ2) is 6.43. The van der Waals surface area contributed by atoms with Crippen LogP contribution in [0.3, 0.4) is 0 Å². The number of nitro benzene ring substituents is 3. The van der Waals surface area contributed by atoms with Crippen molar-refractivity contribution >= 4 is 23.4 Å². The van der Waals surface area contributed by atoms with Crippen LogP contribution in [0.1, 0.15) is 0 Å². The Morgan fingerprint density at radius 3 is 1.65 bits per heavy atom. The zero-order chi connectivity index (χ0) is 17.8. The standard InChI is InChI=1S/C6H3N3O7.CH5N6/c10-6-4(8(13)14)1-3(7(11)12)2-5(6)9(15)16;2-7(3)1-4-5-6-7/h1-2,10H;1H,2-3H2/q;+1/p-1. The Kier molecular flexibility index (Phi) is 4.87. The Balaban J connectivity index is 0.000000313. The van der Waals surface area contributed by atoms with Gasteiger partial charge in [0.25, 0.3) is 23.4 Å². The first-order chi connectivity index (χ1) is 10.5. The van der Waals surface area contributed by atoms with E-state index in [9.17, 15) is 35.4 Å². The molecule has 0 atom stereocenters. The Morgan fingerprint density at radius 2 is 1.43 bits per heavy atom. The Morgan fingerprint density at radius 1 is 0.957 bits per heavy atom. The molecule has 23 heavy (non-hydrogen) atoms. The number of nitrogens with two attached hydrogens (primary N) is 2. The molecular formula is C7H7N9O7. The summed E-state index contributed by atoms with van der Waals surface area (Å²) < 4.78 is 0. The van der Waals surface area contributed by atoms with Gasteiger partial charge in [0.15, 0.2) is 0 Å². The molecule has 0 saturated heterocycles. The molecule has 0 spiro atoms. The summed E-state index contributed by atoms with van der Waals surface area (Å²) in [6.07, 6.45) is 1.21. The highest BCUT2D eigenvalue weighted by Crippen LogP contribution is 2.36. The van der Waals surface area contributed by atoms with Crippen molar-refractivity contribution in [2.24, 2.45) is 27.2 Å². The average Bonchev–Trinajstić information content (AvgIpc) is 2.83. The monoisotopic (exact) mass is 329 g/mol. The van der Waals surface area contributed by atoms with Gasteiger partial charge in [0.2, 0.25) is 0 Å². The number of hydrogen-bond donors (Lipinski definition) is 2. The van der Waals surface area contributed by atoms with E-state index in [0.717, 1.165) is 0 Å². The summed E-state index contributed by atoms with van der Waals surface area (Å²) in [5.41, 5.74) is -3.26. The number of nitrogens with zero attached hydrogens (tertiary/aromatic N) is 7. The highest BCUT2D eigenvalue weighted by Gasteiger charge is 2.24. The molecule has 1 aromatic carbocycles. The molecule has 1 heterocycles. The van der Waals surface area contributed by atoms with E-state index in [1.54, 1.807) is 0 Å². The van der Waals surface area contributed by atoms with Crippen LogP contribution in [0.5, 0.6) is 5.75 Å². The molecule has 4 N–H and O–H groups in total. The van der Waals surface area contributed by atoms with Gasteiger partial charge in [-0.3, -0.25) is 30.3 Å². The fourth-order valence-electron chi connectivity index (χ4n) is 1.18. The maximum atomic E-state index is 11.1. The summed E-state index contributed by atoms with van der Waals surface area (Å²) in [6, 6.07) is 0.769. The molecule has 16 heteroatoms. The maximum Gasteiger partial charge on any atom is 0.283 e. The summed E-state index contributed by atoms with van der Waals surface area (Å²) in [5, 5.41) is 51.8. The van der Waals surface area contributed by atoms with Gasteiger partial charge in [-0.1, -0.05) is 5.10 Å². The molecule has 0 unspecified atom stereocenters. The zero-order valence-electron chi connectivity index (χ0n) is 10.9. The first-order valence-electron chi connectivity index (χ1n) is 5.26. The van der Waals surface area contributed by atoms with Gasteiger partial charge in [-0.25, -0.2) is 0 Å². The SMILES string of the molecule is N[N+]1(N)C=NN=N1.O=[N+]([O-])c1cc([N+](=O)[O-])c([O-])c([N+](=O)[O-])c1. The second-order valence-electron chi connectivity index (χ2n) is 3.79. The first kappa shape index (κ1) is 17.4. The molecule has 0 radical (unpaired) electrons. The fourth-order valence-corrected chi connectivity index (χ4v) is 1.18. The molecule has 0 bridgehead atoms. The molecular weight excluding hydrogens is 322 g/mol. The third kappa shape index (κ3) is 4.42. The minimum Gasteiger partial charge on any atom is -0.863 e. The number of nitro groups is 3. The zero-order valence-corrected chi connectivity index (χ0v) is 10.9. The molecule has 0 amide bonds. The van der Waals surface area contributed by atoms with Crippen molar-refractivity contribution in [1.29, 1.82) is 0 Å².